The van der Waals surface area contributed by atoms with Gasteiger partial charge in [0.15, 0.2) is 0 Å². The van der Waals surface area contributed by atoms with E-state index in [-0.39, 0.29) is 0 Å². The van der Waals surface area contributed by atoms with Crippen molar-refractivity contribution in [2.75, 3.05) is 5.32 Å². The molecule has 1 saturated carbocycles. The number of rotatable bonds is 2. The van der Waals surface area contributed by atoms with Crippen LogP contribution in [0.3, 0.4) is 0 Å². The first kappa shape index (κ1) is 13.0. The standard InChI is InChI=1S/C16H22N2/c1-12-10-14(8-7-13(12)11-17)18-15-6-4-5-9-16(15,2)3/h7-8,10,15,18H,4-6,9H2,1-3H3. The fraction of sp³-hybridized carbons (Fsp3) is 0.562. The van der Waals surface area contributed by atoms with Crippen molar-refractivity contribution in [3.63, 3.8) is 0 Å². The molecule has 0 heterocycles. The maximum atomic E-state index is 8.94. The highest BCUT2D eigenvalue weighted by molar-refractivity contribution is 5.52. The van der Waals surface area contributed by atoms with Crippen LogP contribution in [0.15, 0.2) is 18.2 Å². The Bertz CT molecular complexity index is 468. The van der Waals surface area contributed by atoms with Crippen LogP contribution in [0.25, 0.3) is 0 Å². The van der Waals surface area contributed by atoms with Crippen LogP contribution in [0.5, 0.6) is 0 Å². The third kappa shape index (κ3) is 2.67. The number of nitrogens with one attached hydrogen (secondary N) is 1. The third-order valence-corrected chi connectivity index (χ3v) is 4.19. The van der Waals surface area contributed by atoms with Gasteiger partial charge in [-0.3, -0.25) is 0 Å². The molecule has 0 bridgehead atoms. The van der Waals surface area contributed by atoms with Crippen molar-refractivity contribution in [1.82, 2.24) is 0 Å². The highest BCUT2D eigenvalue weighted by Crippen LogP contribution is 2.37. The quantitative estimate of drug-likeness (QED) is 0.841. The van der Waals surface area contributed by atoms with Gasteiger partial charge >= 0.3 is 0 Å². The smallest absolute Gasteiger partial charge is 0.0994 e. The van der Waals surface area contributed by atoms with Crippen LogP contribution in [0, 0.1) is 23.7 Å². The molecule has 1 unspecified atom stereocenters. The van der Waals surface area contributed by atoms with E-state index in [4.69, 9.17) is 5.26 Å². The molecule has 1 aliphatic rings. The largest absolute Gasteiger partial charge is 0.382 e. The minimum Gasteiger partial charge on any atom is -0.382 e. The van der Waals surface area contributed by atoms with E-state index in [1.165, 1.54) is 25.7 Å². The molecule has 0 spiro atoms. The molecule has 0 amide bonds. The van der Waals surface area contributed by atoms with Gasteiger partial charge in [0.2, 0.25) is 0 Å². The highest BCUT2D eigenvalue weighted by Gasteiger charge is 2.31. The van der Waals surface area contributed by atoms with Crippen molar-refractivity contribution in [3.8, 4) is 6.07 Å². The van der Waals surface area contributed by atoms with Crippen LogP contribution in [-0.2, 0) is 0 Å². The molecule has 1 aliphatic carbocycles. The second kappa shape index (κ2) is 5.02. The predicted octanol–water partition coefficient (Wildman–Crippen LogP) is 4.25. The molecule has 96 valence electrons. The maximum absolute atomic E-state index is 8.94. The molecule has 1 atom stereocenters. The summed E-state index contributed by atoms with van der Waals surface area (Å²) in [4.78, 5) is 0. The van der Waals surface area contributed by atoms with E-state index in [9.17, 15) is 0 Å². The Hall–Kier alpha value is -1.49. The van der Waals surface area contributed by atoms with Gasteiger partial charge < -0.3 is 5.32 Å². The summed E-state index contributed by atoms with van der Waals surface area (Å²) in [7, 11) is 0. The molecule has 1 aromatic rings. The normalized spacial score (nSPS) is 22.2. The fourth-order valence-corrected chi connectivity index (χ4v) is 2.84. The molecule has 1 N–H and O–H groups in total. The van der Waals surface area contributed by atoms with Crippen LogP contribution >= 0.6 is 0 Å². The molecule has 0 aliphatic heterocycles. The topological polar surface area (TPSA) is 35.8 Å². The summed E-state index contributed by atoms with van der Waals surface area (Å²) >= 11 is 0. The highest BCUT2D eigenvalue weighted by atomic mass is 14.9. The lowest BCUT2D eigenvalue weighted by Gasteiger charge is -2.39. The van der Waals surface area contributed by atoms with Crippen LogP contribution in [-0.4, -0.2) is 6.04 Å². The maximum Gasteiger partial charge on any atom is 0.0994 e. The summed E-state index contributed by atoms with van der Waals surface area (Å²) in [6, 6.07) is 8.78. The van der Waals surface area contributed by atoms with Crippen molar-refractivity contribution in [1.29, 1.82) is 5.26 Å². The van der Waals surface area contributed by atoms with Crippen molar-refractivity contribution in [2.45, 2.75) is 52.5 Å². The van der Waals surface area contributed by atoms with Crippen LogP contribution in [0.4, 0.5) is 5.69 Å². The van der Waals surface area contributed by atoms with Crippen molar-refractivity contribution in [3.05, 3.63) is 29.3 Å². The van der Waals surface area contributed by atoms with Gasteiger partial charge in [-0.15, -0.1) is 0 Å². The number of nitrogens with zero attached hydrogens (tertiary/aromatic N) is 1. The first-order valence-electron chi connectivity index (χ1n) is 6.80. The minimum atomic E-state index is 0.361. The van der Waals surface area contributed by atoms with Gasteiger partial charge in [0.1, 0.15) is 0 Å². The predicted molar refractivity (Wildman–Crippen MR) is 75.6 cm³/mol. The van der Waals surface area contributed by atoms with Crippen molar-refractivity contribution < 1.29 is 0 Å². The summed E-state index contributed by atoms with van der Waals surface area (Å²) in [6.45, 7) is 6.69. The van der Waals surface area contributed by atoms with Gasteiger partial charge in [-0.05, 0) is 48.9 Å². The second-order valence-electron chi connectivity index (χ2n) is 6.07. The molecular formula is C16H22N2. The number of hydrogen-bond acceptors (Lipinski definition) is 2. The Balaban J connectivity index is 2.14. The Morgan fingerprint density at radius 2 is 2.11 bits per heavy atom. The van der Waals surface area contributed by atoms with E-state index in [1.807, 2.05) is 19.1 Å². The number of benzene rings is 1. The number of anilines is 1. The minimum absolute atomic E-state index is 0.361. The first-order valence-corrected chi connectivity index (χ1v) is 6.80. The van der Waals surface area contributed by atoms with Crippen LogP contribution in [0.1, 0.15) is 50.7 Å². The summed E-state index contributed by atoms with van der Waals surface area (Å²) in [5.74, 6) is 0. The molecule has 0 saturated heterocycles. The van der Waals surface area contributed by atoms with Crippen LogP contribution < -0.4 is 5.32 Å². The Morgan fingerprint density at radius 3 is 2.72 bits per heavy atom. The average molecular weight is 242 g/mol. The summed E-state index contributed by atoms with van der Waals surface area (Å²) in [5, 5.41) is 12.6. The molecule has 2 heteroatoms. The van der Waals surface area contributed by atoms with Gasteiger partial charge in [-0.2, -0.15) is 5.26 Å². The molecule has 2 rings (SSSR count). The Labute approximate surface area is 110 Å². The monoisotopic (exact) mass is 242 g/mol. The van der Waals surface area contributed by atoms with Gasteiger partial charge in [0.25, 0.3) is 0 Å². The van der Waals surface area contributed by atoms with E-state index >= 15 is 0 Å². The van der Waals surface area contributed by atoms with E-state index < -0.39 is 0 Å². The number of hydrogen-bond donors (Lipinski definition) is 1. The van der Waals surface area contributed by atoms with Crippen molar-refractivity contribution >= 4 is 5.69 Å². The van der Waals surface area contributed by atoms with Gasteiger partial charge in [0, 0.05) is 11.7 Å². The molecule has 1 fully saturated rings. The first-order chi connectivity index (χ1) is 8.53. The van der Waals surface area contributed by atoms with Gasteiger partial charge in [-0.1, -0.05) is 26.7 Å². The molecule has 1 aromatic carbocycles. The molecule has 2 nitrogen and oxygen atoms in total. The summed E-state index contributed by atoms with van der Waals surface area (Å²) in [5.41, 5.74) is 3.33. The molecule has 0 radical (unpaired) electrons. The summed E-state index contributed by atoms with van der Waals surface area (Å²) < 4.78 is 0. The zero-order chi connectivity index (χ0) is 13.2. The van der Waals surface area contributed by atoms with E-state index in [1.54, 1.807) is 0 Å². The number of nitriles is 1. The molecular weight excluding hydrogens is 220 g/mol. The SMILES string of the molecule is Cc1cc(NC2CCCCC2(C)C)ccc1C#N. The zero-order valence-electron chi connectivity index (χ0n) is 11.6. The lowest BCUT2D eigenvalue weighted by Crippen LogP contribution is -2.38. The lowest BCUT2D eigenvalue weighted by atomic mass is 9.73. The Morgan fingerprint density at radius 1 is 1.33 bits per heavy atom. The lowest BCUT2D eigenvalue weighted by molar-refractivity contribution is 0.217. The number of aryl methyl sites for hydroxylation is 1. The van der Waals surface area contributed by atoms with E-state index in [2.05, 4.69) is 31.3 Å². The summed E-state index contributed by atoms with van der Waals surface area (Å²) in [6.07, 6.45) is 5.19. The second-order valence-corrected chi connectivity index (χ2v) is 6.07. The van der Waals surface area contributed by atoms with E-state index in [0.29, 0.717) is 11.5 Å². The third-order valence-electron chi connectivity index (χ3n) is 4.19. The molecule has 18 heavy (non-hydrogen) atoms. The van der Waals surface area contributed by atoms with Gasteiger partial charge in [-0.25, -0.2) is 0 Å². The fourth-order valence-electron chi connectivity index (χ4n) is 2.84. The Kier molecular flexibility index (Phi) is 3.61. The molecule has 0 aromatic heterocycles. The van der Waals surface area contributed by atoms with Crippen molar-refractivity contribution in [2.24, 2.45) is 5.41 Å². The van der Waals surface area contributed by atoms with E-state index in [0.717, 1.165) is 16.8 Å². The van der Waals surface area contributed by atoms with Crippen LogP contribution in [0.2, 0.25) is 0 Å². The van der Waals surface area contributed by atoms with Gasteiger partial charge in [0.05, 0.1) is 11.6 Å². The average Bonchev–Trinajstić information content (AvgIpc) is 2.32. The zero-order valence-corrected chi connectivity index (χ0v) is 11.6.